The maximum Gasteiger partial charge on any atom is 0.263 e. The highest BCUT2D eigenvalue weighted by atomic mass is 32.2. The van der Waals surface area contributed by atoms with Gasteiger partial charge in [0.1, 0.15) is 0 Å². The van der Waals surface area contributed by atoms with Crippen molar-refractivity contribution in [3.8, 4) is 0 Å². The monoisotopic (exact) mass is 495 g/mol. The molecule has 1 saturated heterocycles. The van der Waals surface area contributed by atoms with Crippen LogP contribution in [0.2, 0.25) is 0 Å². The Labute approximate surface area is 212 Å². The molecule has 2 aromatic heterocycles. The molecule has 6 rings (SSSR count). The average molecular weight is 496 g/mol. The molecule has 36 heavy (non-hydrogen) atoms. The quantitative estimate of drug-likeness (QED) is 0.322. The summed E-state index contributed by atoms with van der Waals surface area (Å²) in [5.41, 5.74) is 3.56. The molecule has 0 radical (unpaired) electrons. The van der Waals surface area contributed by atoms with E-state index in [0.29, 0.717) is 23.5 Å². The lowest BCUT2D eigenvalue weighted by Crippen LogP contribution is -2.27. The van der Waals surface area contributed by atoms with Crippen LogP contribution in [0.4, 0.5) is 0 Å². The second-order valence-corrected chi connectivity index (χ2v) is 9.94. The summed E-state index contributed by atoms with van der Waals surface area (Å²) in [6.07, 6.45) is 2.17. The zero-order chi connectivity index (χ0) is 24.5. The van der Waals surface area contributed by atoms with E-state index < -0.39 is 0 Å². The second-order valence-electron chi connectivity index (χ2n) is 9.00. The Kier molecular flexibility index (Phi) is 6.03. The van der Waals surface area contributed by atoms with Gasteiger partial charge in [0.2, 0.25) is 5.78 Å². The topological polar surface area (TPSA) is 72.5 Å². The largest absolute Gasteiger partial charge is 0.339 e. The van der Waals surface area contributed by atoms with Gasteiger partial charge in [-0.25, -0.2) is 0 Å². The minimum absolute atomic E-state index is 0.0795. The lowest BCUT2D eigenvalue weighted by molar-refractivity contribution is 0.0793. The minimum Gasteiger partial charge on any atom is -0.339 e. The van der Waals surface area contributed by atoms with Gasteiger partial charge in [0, 0.05) is 24.4 Å². The van der Waals surface area contributed by atoms with E-state index in [1.165, 1.54) is 0 Å². The van der Waals surface area contributed by atoms with Crippen molar-refractivity contribution >= 4 is 34.3 Å². The number of thioether (sulfide) groups is 1. The van der Waals surface area contributed by atoms with Gasteiger partial charge in [-0.15, -0.1) is 10.2 Å². The van der Waals surface area contributed by atoms with Crippen molar-refractivity contribution in [2.45, 2.75) is 30.3 Å². The fraction of sp³-hybridized carbons (Fsp3) is 0.214. The van der Waals surface area contributed by atoms with Crippen molar-refractivity contribution in [1.29, 1.82) is 0 Å². The second kappa shape index (κ2) is 9.62. The van der Waals surface area contributed by atoms with Crippen LogP contribution in [0.5, 0.6) is 0 Å². The normalized spacial score (nSPS) is 13.6. The van der Waals surface area contributed by atoms with Crippen LogP contribution in [-0.2, 0) is 12.3 Å². The number of hydrogen-bond acceptors (Lipinski definition) is 5. The Morgan fingerprint density at radius 3 is 2.33 bits per heavy atom. The maximum atomic E-state index is 13.4. The fourth-order valence-electron chi connectivity index (χ4n) is 4.73. The molecule has 7 nitrogen and oxygen atoms in total. The number of likely N-dealkylation sites (tertiary alicyclic amines) is 1. The lowest BCUT2D eigenvalue weighted by atomic mass is 10.1. The molecule has 0 saturated carbocycles. The third kappa shape index (κ3) is 4.18. The molecule has 3 aromatic carbocycles. The molecule has 0 aliphatic carbocycles. The van der Waals surface area contributed by atoms with Crippen LogP contribution in [0, 0.1) is 0 Å². The number of rotatable bonds is 6. The number of nitrogens with zero attached hydrogens (tertiary/aromatic N) is 5. The van der Waals surface area contributed by atoms with E-state index in [1.807, 2.05) is 88.2 Å². The standard InChI is InChI=1S/C28H25N5O2S/c34-25(31-16-6-7-17-31)22-14-12-21(13-15-22)19-36-28-30-29-27-32(18-20-8-2-1-3-9-20)26(35)23-10-4-5-11-24(23)33(27)28/h1-5,8-15H,6-7,16-19H2. The third-order valence-corrected chi connectivity index (χ3v) is 7.62. The third-order valence-electron chi connectivity index (χ3n) is 6.62. The molecule has 1 aliphatic heterocycles. The Morgan fingerprint density at radius 1 is 0.833 bits per heavy atom. The van der Waals surface area contributed by atoms with Gasteiger partial charge in [-0.1, -0.05) is 66.4 Å². The van der Waals surface area contributed by atoms with E-state index in [-0.39, 0.29) is 11.5 Å². The van der Waals surface area contributed by atoms with Gasteiger partial charge in [0.15, 0.2) is 5.16 Å². The Balaban J connectivity index is 1.31. The molecule has 1 fully saturated rings. The highest BCUT2D eigenvalue weighted by molar-refractivity contribution is 7.98. The Morgan fingerprint density at radius 2 is 1.56 bits per heavy atom. The molecule has 0 atom stereocenters. The molecule has 180 valence electrons. The number of benzene rings is 3. The van der Waals surface area contributed by atoms with E-state index in [0.717, 1.165) is 53.3 Å². The fourth-order valence-corrected chi connectivity index (χ4v) is 5.63. The lowest BCUT2D eigenvalue weighted by Gasteiger charge is -2.15. The molecular weight excluding hydrogens is 470 g/mol. The molecular formula is C28H25N5O2S. The number of para-hydroxylation sites is 1. The molecule has 5 aromatic rings. The first-order valence-corrected chi connectivity index (χ1v) is 13.1. The predicted molar refractivity (Wildman–Crippen MR) is 141 cm³/mol. The summed E-state index contributed by atoms with van der Waals surface area (Å²) in [5.74, 6) is 1.31. The summed E-state index contributed by atoms with van der Waals surface area (Å²) in [6, 6.07) is 25.3. The summed E-state index contributed by atoms with van der Waals surface area (Å²) in [7, 11) is 0. The molecule has 0 bridgehead atoms. The first-order chi connectivity index (χ1) is 17.7. The van der Waals surface area contributed by atoms with Gasteiger partial charge in [0.05, 0.1) is 17.4 Å². The molecule has 0 spiro atoms. The Bertz CT molecular complexity index is 1600. The van der Waals surface area contributed by atoms with Crippen LogP contribution in [0.3, 0.4) is 0 Å². The average Bonchev–Trinajstić information content (AvgIpc) is 3.61. The van der Waals surface area contributed by atoms with Gasteiger partial charge >= 0.3 is 0 Å². The summed E-state index contributed by atoms with van der Waals surface area (Å²) < 4.78 is 3.66. The van der Waals surface area contributed by atoms with Crippen molar-refractivity contribution in [3.63, 3.8) is 0 Å². The number of amides is 1. The van der Waals surface area contributed by atoms with Crippen LogP contribution in [0.1, 0.15) is 34.3 Å². The number of carbonyl (C=O) groups is 1. The van der Waals surface area contributed by atoms with E-state index in [4.69, 9.17) is 0 Å². The molecule has 0 unspecified atom stereocenters. The van der Waals surface area contributed by atoms with Crippen molar-refractivity contribution in [3.05, 3.63) is 106 Å². The molecule has 0 N–H and O–H groups in total. The molecule has 8 heteroatoms. The summed E-state index contributed by atoms with van der Waals surface area (Å²) in [6.45, 7) is 2.11. The SMILES string of the molecule is O=C(c1ccc(CSc2nnc3n(Cc4ccccc4)c(=O)c4ccccc4n23)cc1)N1CCCC1. The van der Waals surface area contributed by atoms with Crippen molar-refractivity contribution in [2.24, 2.45) is 0 Å². The number of hydrogen-bond donors (Lipinski definition) is 0. The first-order valence-electron chi connectivity index (χ1n) is 12.1. The highest BCUT2D eigenvalue weighted by Gasteiger charge is 2.20. The molecule has 3 heterocycles. The zero-order valence-electron chi connectivity index (χ0n) is 19.7. The number of carbonyl (C=O) groups excluding carboxylic acids is 1. The summed E-state index contributed by atoms with van der Waals surface area (Å²) in [5, 5.41) is 10.2. The molecule has 1 amide bonds. The first kappa shape index (κ1) is 22.5. The van der Waals surface area contributed by atoms with Gasteiger partial charge in [-0.05, 0) is 48.2 Å². The van der Waals surface area contributed by atoms with Crippen molar-refractivity contribution < 1.29 is 4.79 Å². The summed E-state index contributed by atoms with van der Waals surface area (Å²) in [4.78, 5) is 27.9. The van der Waals surface area contributed by atoms with E-state index in [1.54, 1.807) is 16.3 Å². The van der Waals surface area contributed by atoms with E-state index in [2.05, 4.69) is 10.2 Å². The maximum absolute atomic E-state index is 13.4. The van der Waals surface area contributed by atoms with E-state index >= 15 is 0 Å². The van der Waals surface area contributed by atoms with Crippen LogP contribution < -0.4 is 5.56 Å². The minimum atomic E-state index is -0.0795. The smallest absolute Gasteiger partial charge is 0.263 e. The van der Waals surface area contributed by atoms with Crippen LogP contribution in [-0.4, -0.2) is 43.1 Å². The molecule has 1 aliphatic rings. The van der Waals surface area contributed by atoms with Gasteiger partial charge in [-0.3, -0.25) is 18.6 Å². The van der Waals surface area contributed by atoms with Gasteiger partial charge < -0.3 is 4.90 Å². The highest BCUT2D eigenvalue weighted by Crippen LogP contribution is 2.25. The summed E-state index contributed by atoms with van der Waals surface area (Å²) >= 11 is 1.56. The Hall–Kier alpha value is -3.91. The number of aromatic nitrogens is 4. The van der Waals surface area contributed by atoms with Crippen LogP contribution in [0.15, 0.2) is 88.8 Å². The van der Waals surface area contributed by atoms with Crippen LogP contribution in [0.25, 0.3) is 16.7 Å². The van der Waals surface area contributed by atoms with Gasteiger partial charge in [0.25, 0.3) is 11.5 Å². The predicted octanol–water partition coefficient (Wildman–Crippen LogP) is 4.62. The van der Waals surface area contributed by atoms with Crippen molar-refractivity contribution in [1.82, 2.24) is 24.1 Å². The van der Waals surface area contributed by atoms with E-state index in [9.17, 15) is 9.59 Å². The van der Waals surface area contributed by atoms with Crippen LogP contribution >= 0.6 is 11.8 Å². The number of fused-ring (bicyclic) bond motifs is 3. The van der Waals surface area contributed by atoms with Gasteiger partial charge in [-0.2, -0.15) is 0 Å². The zero-order valence-corrected chi connectivity index (χ0v) is 20.5. The van der Waals surface area contributed by atoms with Crippen molar-refractivity contribution in [2.75, 3.05) is 13.1 Å².